The Kier molecular flexibility index (Phi) is 4.64. The van der Waals surface area contributed by atoms with Gasteiger partial charge in [0.2, 0.25) is 0 Å². The van der Waals surface area contributed by atoms with E-state index < -0.39 is 0 Å². The summed E-state index contributed by atoms with van der Waals surface area (Å²) in [5.74, 6) is 2.56. The molecule has 0 N–H and O–H groups in total. The zero-order chi connectivity index (χ0) is 21.0. The van der Waals surface area contributed by atoms with Crippen LogP contribution in [0.1, 0.15) is 63.8 Å². The molecule has 0 saturated heterocycles. The summed E-state index contributed by atoms with van der Waals surface area (Å²) >= 11 is 0. The Morgan fingerprint density at radius 3 is 2.34 bits per heavy atom. The van der Waals surface area contributed by atoms with Gasteiger partial charge in [0.1, 0.15) is 11.4 Å². The third-order valence-electron chi connectivity index (χ3n) is 5.40. The van der Waals surface area contributed by atoms with Crippen molar-refractivity contribution in [2.75, 3.05) is 7.11 Å². The Balaban J connectivity index is 1.87. The molecule has 0 aliphatic carbocycles. The van der Waals surface area contributed by atoms with Gasteiger partial charge in [-0.05, 0) is 83.9 Å². The van der Waals surface area contributed by atoms with E-state index in [2.05, 4.69) is 45.9 Å². The molecule has 4 nitrogen and oxygen atoms in total. The minimum absolute atomic E-state index is 0.155. The minimum Gasteiger partial charge on any atom is -0.493 e. The molecule has 4 heteroatoms. The summed E-state index contributed by atoms with van der Waals surface area (Å²) in [4.78, 5) is 5.18. The summed E-state index contributed by atoms with van der Waals surface area (Å²) in [5.41, 5.74) is 5.41. The van der Waals surface area contributed by atoms with Gasteiger partial charge in [-0.2, -0.15) is 0 Å². The molecular weight excluding hydrogens is 362 g/mol. The molecule has 154 valence electrons. The molecular formula is C25H31NO3. The summed E-state index contributed by atoms with van der Waals surface area (Å²) in [6.07, 6.45) is 1.88. The molecule has 0 amide bonds. The summed E-state index contributed by atoms with van der Waals surface area (Å²) in [5, 5.41) is 0. The second kappa shape index (κ2) is 6.79. The van der Waals surface area contributed by atoms with Crippen molar-refractivity contribution in [2.24, 2.45) is 4.99 Å². The van der Waals surface area contributed by atoms with Gasteiger partial charge in [0.25, 0.3) is 0 Å². The van der Waals surface area contributed by atoms with Crippen LogP contribution in [0.3, 0.4) is 0 Å². The molecule has 0 bridgehead atoms. The highest BCUT2D eigenvalue weighted by Crippen LogP contribution is 2.47. The maximum atomic E-state index is 6.28. The average Bonchev–Trinajstić information content (AvgIpc) is 2.94. The molecule has 2 aromatic carbocycles. The summed E-state index contributed by atoms with van der Waals surface area (Å²) in [6, 6.07) is 10.4. The van der Waals surface area contributed by atoms with Crippen molar-refractivity contribution in [3.63, 3.8) is 0 Å². The fraction of sp³-hybridized carbons (Fsp3) is 0.480. The van der Waals surface area contributed by atoms with Crippen molar-refractivity contribution in [2.45, 2.75) is 71.6 Å². The van der Waals surface area contributed by atoms with Crippen LogP contribution in [0.25, 0.3) is 0 Å². The summed E-state index contributed by atoms with van der Waals surface area (Å²) in [6.45, 7) is 12.7. The number of hydrogen-bond donors (Lipinski definition) is 0. The van der Waals surface area contributed by atoms with Crippen LogP contribution in [0.2, 0.25) is 0 Å². The molecule has 0 fully saturated rings. The molecule has 2 heterocycles. The molecule has 0 saturated carbocycles. The fourth-order valence-corrected chi connectivity index (χ4v) is 4.39. The Hall–Kier alpha value is -2.49. The first-order chi connectivity index (χ1) is 13.6. The van der Waals surface area contributed by atoms with Gasteiger partial charge >= 0.3 is 0 Å². The van der Waals surface area contributed by atoms with Gasteiger partial charge in [-0.25, -0.2) is 0 Å². The number of rotatable bonds is 4. The summed E-state index contributed by atoms with van der Waals surface area (Å²) in [7, 11) is 1.72. The fourth-order valence-electron chi connectivity index (χ4n) is 4.39. The SMILES string of the molecule is COc1cc2c(c3c1OC(C)(C)C3)C(c1ccc(OC(C)C)cc1)=NC(C)(C)C2. The number of aliphatic imine (C=N–C) groups is 1. The van der Waals surface area contributed by atoms with Crippen molar-refractivity contribution in [3.8, 4) is 17.2 Å². The van der Waals surface area contributed by atoms with Crippen molar-refractivity contribution >= 4 is 5.71 Å². The van der Waals surface area contributed by atoms with Crippen LogP contribution >= 0.6 is 0 Å². The van der Waals surface area contributed by atoms with Gasteiger partial charge < -0.3 is 14.2 Å². The smallest absolute Gasteiger partial charge is 0.166 e. The number of nitrogens with zero attached hydrogens (tertiary/aromatic N) is 1. The van der Waals surface area contributed by atoms with E-state index in [9.17, 15) is 0 Å². The third-order valence-corrected chi connectivity index (χ3v) is 5.40. The van der Waals surface area contributed by atoms with Gasteiger partial charge in [-0.15, -0.1) is 0 Å². The van der Waals surface area contributed by atoms with Crippen LogP contribution in [-0.2, 0) is 12.8 Å². The highest BCUT2D eigenvalue weighted by Gasteiger charge is 2.39. The second-order valence-electron chi connectivity index (χ2n) is 9.60. The van der Waals surface area contributed by atoms with Gasteiger partial charge in [-0.3, -0.25) is 4.99 Å². The maximum absolute atomic E-state index is 6.28. The molecule has 2 aromatic rings. The minimum atomic E-state index is -0.252. The zero-order valence-corrected chi connectivity index (χ0v) is 18.6. The Morgan fingerprint density at radius 1 is 1.03 bits per heavy atom. The molecule has 2 aliphatic heterocycles. The van der Waals surface area contributed by atoms with E-state index >= 15 is 0 Å². The number of methoxy groups -OCH3 is 1. The number of benzene rings is 2. The van der Waals surface area contributed by atoms with Crippen LogP contribution in [-0.4, -0.2) is 30.1 Å². The largest absolute Gasteiger partial charge is 0.493 e. The number of hydrogen-bond acceptors (Lipinski definition) is 4. The summed E-state index contributed by atoms with van der Waals surface area (Å²) < 4.78 is 17.8. The molecule has 0 radical (unpaired) electrons. The van der Waals surface area contributed by atoms with Crippen molar-refractivity contribution < 1.29 is 14.2 Å². The lowest BCUT2D eigenvalue weighted by molar-refractivity contribution is 0.134. The first-order valence-electron chi connectivity index (χ1n) is 10.4. The molecule has 0 atom stereocenters. The maximum Gasteiger partial charge on any atom is 0.166 e. The van der Waals surface area contributed by atoms with E-state index in [4.69, 9.17) is 19.2 Å². The third kappa shape index (κ3) is 3.73. The van der Waals surface area contributed by atoms with Gasteiger partial charge in [0.15, 0.2) is 11.5 Å². The van der Waals surface area contributed by atoms with Gasteiger partial charge in [-0.1, -0.05) is 0 Å². The van der Waals surface area contributed by atoms with Crippen LogP contribution in [0.15, 0.2) is 35.3 Å². The van der Waals surface area contributed by atoms with E-state index in [-0.39, 0.29) is 17.2 Å². The normalized spacial score (nSPS) is 18.6. The lowest BCUT2D eigenvalue weighted by Crippen LogP contribution is -2.30. The molecule has 0 unspecified atom stereocenters. The van der Waals surface area contributed by atoms with E-state index in [0.29, 0.717) is 0 Å². The van der Waals surface area contributed by atoms with Gasteiger partial charge in [0.05, 0.1) is 24.5 Å². The van der Waals surface area contributed by atoms with Crippen LogP contribution in [0, 0.1) is 0 Å². The molecule has 29 heavy (non-hydrogen) atoms. The van der Waals surface area contributed by atoms with E-state index in [0.717, 1.165) is 41.4 Å². The molecule has 2 aliphatic rings. The van der Waals surface area contributed by atoms with E-state index in [1.165, 1.54) is 16.7 Å². The standard InChI is InChI=1S/C25H31NO3/c1-15(2)28-18-10-8-16(9-11-18)22-21-17(13-24(3,4)26-22)12-20(27-7)23-19(21)14-25(5,6)29-23/h8-12,15H,13-14H2,1-7H3. The van der Waals surface area contributed by atoms with Gasteiger partial charge in [0, 0.05) is 23.1 Å². The number of ether oxygens (including phenoxy) is 3. The van der Waals surface area contributed by atoms with Crippen molar-refractivity contribution in [1.82, 2.24) is 0 Å². The monoisotopic (exact) mass is 393 g/mol. The topological polar surface area (TPSA) is 40.0 Å². The van der Waals surface area contributed by atoms with E-state index in [1.807, 2.05) is 26.0 Å². The number of fused-ring (bicyclic) bond motifs is 3. The lowest BCUT2D eigenvalue weighted by Gasteiger charge is -2.31. The molecule has 4 rings (SSSR count). The zero-order valence-electron chi connectivity index (χ0n) is 18.6. The van der Waals surface area contributed by atoms with E-state index in [1.54, 1.807) is 7.11 Å². The lowest BCUT2D eigenvalue weighted by atomic mass is 9.81. The first-order valence-corrected chi connectivity index (χ1v) is 10.4. The van der Waals surface area contributed by atoms with Crippen LogP contribution in [0.5, 0.6) is 17.2 Å². The quantitative estimate of drug-likeness (QED) is 0.701. The second-order valence-corrected chi connectivity index (χ2v) is 9.60. The van der Waals surface area contributed by atoms with Crippen LogP contribution < -0.4 is 14.2 Å². The predicted molar refractivity (Wildman–Crippen MR) is 117 cm³/mol. The Bertz CT molecular complexity index is 969. The average molecular weight is 394 g/mol. The van der Waals surface area contributed by atoms with Crippen LogP contribution in [0.4, 0.5) is 0 Å². The predicted octanol–water partition coefficient (Wildman–Crippen LogP) is 5.37. The highest BCUT2D eigenvalue weighted by atomic mass is 16.5. The van der Waals surface area contributed by atoms with Crippen molar-refractivity contribution in [3.05, 3.63) is 52.6 Å². The first kappa shape index (κ1) is 19.8. The van der Waals surface area contributed by atoms with Crippen molar-refractivity contribution in [1.29, 1.82) is 0 Å². The highest BCUT2D eigenvalue weighted by molar-refractivity contribution is 6.16. The Morgan fingerprint density at radius 2 is 1.72 bits per heavy atom. The molecule has 0 aromatic heterocycles. The molecule has 0 spiro atoms. The Labute approximate surface area is 173 Å².